The second kappa shape index (κ2) is 4.86. The van der Waals surface area contributed by atoms with Crippen LogP contribution in [0.4, 0.5) is 0 Å². The summed E-state index contributed by atoms with van der Waals surface area (Å²) in [6.07, 6.45) is 0. The molecule has 0 bridgehead atoms. The van der Waals surface area contributed by atoms with Gasteiger partial charge in [0.25, 0.3) is 0 Å². The quantitative estimate of drug-likeness (QED) is 0.921. The Morgan fingerprint density at radius 2 is 2.06 bits per heavy atom. The second-order valence-corrected chi connectivity index (χ2v) is 4.77. The second-order valence-electron chi connectivity index (χ2n) is 4.34. The Balaban J connectivity index is 2.43. The highest BCUT2D eigenvalue weighted by Crippen LogP contribution is 2.18. The van der Waals surface area contributed by atoms with Crippen molar-refractivity contribution in [3.8, 4) is 0 Å². The van der Waals surface area contributed by atoms with Crippen LogP contribution in [-0.4, -0.2) is 15.6 Å². The third-order valence-electron chi connectivity index (χ3n) is 2.93. The zero-order chi connectivity index (χ0) is 13.3. The number of rotatable bonds is 3. The molecule has 0 unspecified atom stereocenters. The lowest BCUT2D eigenvalue weighted by molar-refractivity contribution is 0.0684. The van der Waals surface area contributed by atoms with Crippen LogP contribution in [0.5, 0.6) is 0 Å². The van der Waals surface area contributed by atoms with Gasteiger partial charge in [-0.15, -0.1) is 0 Å². The third-order valence-corrected chi connectivity index (χ3v) is 3.16. The van der Waals surface area contributed by atoms with Gasteiger partial charge in [-0.2, -0.15) is 0 Å². The maximum absolute atomic E-state index is 11.3. The first-order valence-corrected chi connectivity index (χ1v) is 6.01. The Kier molecular flexibility index (Phi) is 3.43. The number of aryl methyl sites for hydroxylation is 2. The molecule has 0 atom stereocenters. The number of aromatic carboxylic acids is 1. The van der Waals surface area contributed by atoms with Gasteiger partial charge < -0.3 is 9.67 Å². The molecule has 18 heavy (non-hydrogen) atoms. The molecule has 94 valence electrons. The standard InChI is InChI=1S/C14H14ClNO2/c1-9-6-10(2)16(13(9)14(17)18)8-11-4-3-5-12(15)7-11/h3-7H,8H2,1-2H3,(H,17,18). The lowest BCUT2D eigenvalue weighted by Crippen LogP contribution is -2.11. The van der Waals surface area contributed by atoms with E-state index in [0.717, 1.165) is 16.8 Å². The molecule has 2 rings (SSSR count). The van der Waals surface area contributed by atoms with Gasteiger partial charge >= 0.3 is 5.97 Å². The molecule has 0 radical (unpaired) electrons. The van der Waals surface area contributed by atoms with E-state index >= 15 is 0 Å². The topological polar surface area (TPSA) is 42.2 Å². The van der Waals surface area contributed by atoms with Crippen molar-refractivity contribution in [2.75, 3.05) is 0 Å². The van der Waals surface area contributed by atoms with E-state index in [4.69, 9.17) is 11.6 Å². The fourth-order valence-electron chi connectivity index (χ4n) is 2.15. The van der Waals surface area contributed by atoms with Gasteiger partial charge in [-0.05, 0) is 43.2 Å². The van der Waals surface area contributed by atoms with E-state index in [9.17, 15) is 9.90 Å². The molecular formula is C14H14ClNO2. The van der Waals surface area contributed by atoms with Crippen molar-refractivity contribution in [3.05, 3.63) is 57.9 Å². The minimum absolute atomic E-state index is 0.340. The molecular weight excluding hydrogens is 250 g/mol. The van der Waals surface area contributed by atoms with Gasteiger partial charge in [-0.25, -0.2) is 4.79 Å². The lowest BCUT2D eigenvalue weighted by Gasteiger charge is -2.10. The Hall–Kier alpha value is -1.74. The van der Waals surface area contributed by atoms with Crippen LogP contribution in [0.1, 0.15) is 27.3 Å². The Bertz CT molecular complexity index is 602. The van der Waals surface area contributed by atoms with Crippen LogP contribution < -0.4 is 0 Å². The number of benzene rings is 1. The van der Waals surface area contributed by atoms with Crippen molar-refractivity contribution in [1.29, 1.82) is 0 Å². The molecule has 3 nitrogen and oxygen atoms in total. The van der Waals surface area contributed by atoms with E-state index in [-0.39, 0.29) is 0 Å². The molecule has 1 heterocycles. The molecule has 1 aromatic carbocycles. The van der Waals surface area contributed by atoms with Gasteiger partial charge in [0.1, 0.15) is 5.69 Å². The summed E-state index contributed by atoms with van der Waals surface area (Å²) >= 11 is 5.93. The molecule has 0 spiro atoms. The predicted molar refractivity (Wildman–Crippen MR) is 71.4 cm³/mol. The van der Waals surface area contributed by atoms with Crippen LogP contribution in [0.15, 0.2) is 30.3 Å². The summed E-state index contributed by atoms with van der Waals surface area (Å²) < 4.78 is 1.79. The van der Waals surface area contributed by atoms with Gasteiger partial charge in [-0.1, -0.05) is 23.7 Å². The largest absolute Gasteiger partial charge is 0.477 e. The number of carboxylic acid groups (broad SMARTS) is 1. The monoisotopic (exact) mass is 263 g/mol. The highest BCUT2D eigenvalue weighted by molar-refractivity contribution is 6.30. The smallest absolute Gasteiger partial charge is 0.352 e. The number of halogens is 1. The molecule has 0 saturated heterocycles. The molecule has 1 N–H and O–H groups in total. The van der Waals surface area contributed by atoms with Crippen LogP contribution in [-0.2, 0) is 6.54 Å². The molecule has 0 aliphatic heterocycles. The van der Waals surface area contributed by atoms with Crippen LogP contribution in [0.3, 0.4) is 0 Å². The molecule has 1 aromatic heterocycles. The average Bonchev–Trinajstić information content (AvgIpc) is 2.53. The van der Waals surface area contributed by atoms with E-state index < -0.39 is 5.97 Å². The highest BCUT2D eigenvalue weighted by atomic mass is 35.5. The van der Waals surface area contributed by atoms with E-state index in [1.807, 2.05) is 38.1 Å². The molecule has 0 fully saturated rings. The first-order valence-electron chi connectivity index (χ1n) is 5.63. The number of carbonyl (C=O) groups is 1. The number of nitrogens with zero attached hydrogens (tertiary/aromatic N) is 1. The highest BCUT2D eigenvalue weighted by Gasteiger charge is 2.16. The first kappa shape index (κ1) is 12.7. The van der Waals surface area contributed by atoms with Gasteiger partial charge in [0.05, 0.1) is 0 Å². The van der Waals surface area contributed by atoms with Crippen LogP contribution in [0, 0.1) is 13.8 Å². The first-order chi connectivity index (χ1) is 8.49. The summed E-state index contributed by atoms with van der Waals surface area (Å²) in [4.78, 5) is 11.3. The predicted octanol–water partition coefficient (Wildman–Crippen LogP) is 3.50. The van der Waals surface area contributed by atoms with Gasteiger partial charge in [-0.3, -0.25) is 0 Å². The van der Waals surface area contributed by atoms with Crippen molar-refractivity contribution in [2.45, 2.75) is 20.4 Å². The zero-order valence-corrected chi connectivity index (χ0v) is 11.0. The summed E-state index contributed by atoms with van der Waals surface area (Å²) in [6, 6.07) is 9.34. The minimum atomic E-state index is -0.900. The molecule has 2 aromatic rings. The van der Waals surface area contributed by atoms with Gasteiger partial charge in [0.2, 0.25) is 0 Å². The molecule has 0 aliphatic carbocycles. The Morgan fingerprint density at radius 1 is 1.33 bits per heavy atom. The summed E-state index contributed by atoms with van der Waals surface area (Å²) in [6.45, 7) is 4.23. The summed E-state index contributed by atoms with van der Waals surface area (Å²) in [5, 5.41) is 9.90. The molecule has 0 aliphatic rings. The van der Waals surface area contributed by atoms with Crippen molar-refractivity contribution in [3.63, 3.8) is 0 Å². The maximum atomic E-state index is 11.3. The van der Waals surface area contributed by atoms with Crippen molar-refractivity contribution in [1.82, 2.24) is 4.57 Å². The summed E-state index contributed by atoms with van der Waals surface area (Å²) in [7, 11) is 0. The van der Waals surface area contributed by atoms with Crippen LogP contribution in [0.2, 0.25) is 5.02 Å². The number of hydrogen-bond acceptors (Lipinski definition) is 1. The zero-order valence-electron chi connectivity index (χ0n) is 10.3. The van der Waals surface area contributed by atoms with Gasteiger partial charge in [0.15, 0.2) is 0 Å². The van der Waals surface area contributed by atoms with E-state index in [1.165, 1.54) is 0 Å². The number of hydrogen-bond donors (Lipinski definition) is 1. The van der Waals surface area contributed by atoms with Crippen LogP contribution >= 0.6 is 11.6 Å². The van der Waals surface area contributed by atoms with Crippen molar-refractivity contribution >= 4 is 17.6 Å². The van der Waals surface area contributed by atoms with E-state index in [1.54, 1.807) is 10.6 Å². The summed E-state index contributed by atoms with van der Waals surface area (Å²) in [5.74, 6) is -0.900. The fourth-order valence-corrected chi connectivity index (χ4v) is 2.37. The molecule has 0 amide bonds. The van der Waals surface area contributed by atoms with E-state index in [2.05, 4.69) is 0 Å². The Morgan fingerprint density at radius 3 is 2.67 bits per heavy atom. The Labute approximate surface area is 111 Å². The lowest BCUT2D eigenvalue weighted by atomic mass is 10.2. The van der Waals surface area contributed by atoms with Crippen LogP contribution in [0.25, 0.3) is 0 Å². The maximum Gasteiger partial charge on any atom is 0.352 e. The fraction of sp³-hybridized carbons (Fsp3) is 0.214. The molecule has 0 saturated carbocycles. The number of aromatic nitrogens is 1. The van der Waals surface area contributed by atoms with E-state index in [0.29, 0.717) is 17.3 Å². The SMILES string of the molecule is Cc1cc(C)n(Cc2cccc(Cl)c2)c1C(=O)O. The normalized spacial score (nSPS) is 10.6. The minimum Gasteiger partial charge on any atom is -0.477 e. The summed E-state index contributed by atoms with van der Waals surface area (Å²) in [5.41, 5.74) is 3.04. The number of carboxylic acids is 1. The third kappa shape index (κ3) is 2.41. The molecule has 4 heteroatoms. The van der Waals surface area contributed by atoms with Crippen molar-refractivity contribution < 1.29 is 9.90 Å². The average molecular weight is 264 g/mol. The van der Waals surface area contributed by atoms with Crippen molar-refractivity contribution in [2.24, 2.45) is 0 Å². The van der Waals surface area contributed by atoms with Gasteiger partial charge in [0, 0.05) is 17.3 Å².